The number of esters is 2. The van der Waals surface area contributed by atoms with Gasteiger partial charge >= 0.3 is 24.7 Å². The first kappa shape index (κ1) is 12.6. The molecule has 1 aliphatic heterocycles. The molecule has 18 heavy (non-hydrogen) atoms. The van der Waals surface area contributed by atoms with Crippen molar-refractivity contribution in [1.82, 2.24) is 0 Å². The van der Waals surface area contributed by atoms with Crippen molar-refractivity contribution in [3.63, 3.8) is 0 Å². The maximum Gasteiger partial charge on any atom is 0.554 e. The van der Waals surface area contributed by atoms with E-state index in [1.165, 1.54) is 6.07 Å². The lowest BCUT2D eigenvalue weighted by Crippen LogP contribution is -2.48. The molecule has 6 nitrogen and oxygen atoms in total. The average molecular weight is 250 g/mol. The Balaban J connectivity index is 2.66. The van der Waals surface area contributed by atoms with Crippen molar-refractivity contribution >= 4 is 19.1 Å². The largest absolute Gasteiger partial charge is 0.554 e. The zero-order chi connectivity index (χ0) is 13.5. The highest BCUT2D eigenvalue weighted by Crippen LogP contribution is 2.40. The molecule has 1 unspecified atom stereocenters. The maximum atomic E-state index is 11.7. The van der Waals surface area contributed by atoms with Crippen LogP contribution in [-0.4, -0.2) is 29.1 Å². The van der Waals surface area contributed by atoms with Gasteiger partial charge in [0.1, 0.15) is 0 Å². The molecule has 94 valence electrons. The summed E-state index contributed by atoms with van der Waals surface area (Å²) in [6.45, 7) is 2.75. The fourth-order valence-corrected chi connectivity index (χ4v) is 2.06. The molecule has 1 aromatic carbocycles. The Kier molecular flexibility index (Phi) is 2.88. The Morgan fingerprint density at radius 3 is 2.67 bits per heavy atom. The van der Waals surface area contributed by atoms with E-state index in [4.69, 9.17) is 9.47 Å². The van der Waals surface area contributed by atoms with Gasteiger partial charge < -0.3 is 19.5 Å². The molecule has 1 aliphatic rings. The third-order valence-corrected chi connectivity index (χ3v) is 2.72. The number of carbonyl (C=O) groups is 2. The van der Waals surface area contributed by atoms with E-state index in [1.807, 2.05) is 0 Å². The van der Waals surface area contributed by atoms with Gasteiger partial charge in [0.25, 0.3) is 0 Å². The molecule has 2 N–H and O–H groups in total. The minimum atomic E-state index is -2.18. The van der Waals surface area contributed by atoms with Crippen LogP contribution in [0.3, 0.4) is 0 Å². The second kappa shape index (κ2) is 4.11. The van der Waals surface area contributed by atoms with E-state index in [1.54, 1.807) is 19.1 Å². The van der Waals surface area contributed by atoms with Gasteiger partial charge in [-0.15, -0.1) is 0 Å². The molecule has 0 radical (unpaired) electrons. The number of rotatable bonds is 2. The molecule has 0 saturated carbocycles. The molecule has 0 spiro atoms. The van der Waals surface area contributed by atoms with Crippen molar-refractivity contribution in [2.24, 2.45) is 0 Å². The first-order chi connectivity index (χ1) is 8.38. The van der Waals surface area contributed by atoms with E-state index < -0.39 is 24.7 Å². The van der Waals surface area contributed by atoms with Crippen LogP contribution in [0.2, 0.25) is 0 Å². The number of hydrogen-bond donors (Lipinski definition) is 2. The van der Waals surface area contributed by atoms with Gasteiger partial charge in [-0.05, 0) is 18.6 Å². The van der Waals surface area contributed by atoms with Crippen molar-refractivity contribution in [3.05, 3.63) is 34.9 Å². The molecule has 1 aromatic rings. The van der Waals surface area contributed by atoms with Crippen LogP contribution in [0.4, 0.5) is 0 Å². The van der Waals surface area contributed by atoms with Gasteiger partial charge in [-0.1, -0.05) is 12.1 Å². The van der Waals surface area contributed by atoms with Crippen molar-refractivity contribution in [3.8, 4) is 0 Å². The SMILES string of the molecule is CC(=O)OC1(B(O)O)OC(=O)c2cccc(C)c21. The third-order valence-electron chi connectivity index (χ3n) is 2.72. The van der Waals surface area contributed by atoms with Crippen LogP contribution in [0.25, 0.3) is 0 Å². The maximum absolute atomic E-state index is 11.7. The second-order valence-corrected chi connectivity index (χ2v) is 4.02. The number of aryl methyl sites for hydroxylation is 1. The number of cyclic esters (lactones) is 1. The van der Waals surface area contributed by atoms with Crippen LogP contribution in [0.15, 0.2) is 18.2 Å². The standard InChI is InChI=1S/C11H11BO6/c1-6-4-3-5-8-9(6)11(12(15)16,17-7(2)13)18-10(8)14/h3-5,15-16H,1-2H3. The summed E-state index contributed by atoms with van der Waals surface area (Å²) in [6.07, 6.45) is 0. The van der Waals surface area contributed by atoms with Crippen molar-refractivity contribution in [1.29, 1.82) is 0 Å². The predicted molar refractivity (Wildman–Crippen MR) is 60.2 cm³/mol. The molecular weight excluding hydrogens is 239 g/mol. The second-order valence-electron chi connectivity index (χ2n) is 4.02. The highest BCUT2D eigenvalue weighted by molar-refractivity contribution is 6.45. The van der Waals surface area contributed by atoms with Gasteiger partial charge in [-0.2, -0.15) is 0 Å². The Labute approximate surface area is 103 Å². The lowest BCUT2D eigenvalue weighted by molar-refractivity contribution is -0.185. The summed E-state index contributed by atoms with van der Waals surface area (Å²) in [4.78, 5) is 22.8. The Bertz CT molecular complexity index is 522. The number of benzene rings is 1. The fraction of sp³-hybridized carbons (Fsp3) is 0.273. The molecule has 0 fully saturated rings. The minimum Gasteiger partial charge on any atom is -0.421 e. The van der Waals surface area contributed by atoms with Gasteiger partial charge in [0.15, 0.2) is 0 Å². The zero-order valence-electron chi connectivity index (χ0n) is 9.84. The molecule has 0 bridgehead atoms. The molecule has 0 aliphatic carbocycles. The molecule has 1 heterocycles. The van der Waals surface area contributed by atoms with Gasteiger partial charge in [0, 0.05) is 6.92 Å². The summed E-state index contributed by atoms with van der Waals surface area (Å²) in [5.41, 5.74) is -1.29. The molecule has 0 amide bonds. The van der Waals surface area contributed by atoms with E-state index in [2.05, 4.69) is 0 Å². The quantitative estimate of drug-likeness (QED) is 0.562. The fourth-order valence-electron chi connectivity index (χ4n) is 2.06. The number of fused-ring (bicyclic) bond motifs is 1. The van der Waals surface area contributed by atoms with E-state index in [9.17, 15) is 19.6 Å². The van der Waals surface area contributed by atoms with Gasteiger partial charge in [-0.25, -0.2) is 4.79 Å². The Hall–Kier alpha value is -1.86. The number of ether oxygens (including phenoxy) is 2. The monoisotopic (exact) mass is 250 g/mol. The van der Waals surface area contributed by atoms with Crippen LogP contribution in [-0.2, 0) is 20.0 Å². The summed E-state index contributed by atoms with van der Waals surface area (Å²) in [7, 11) is -2.16. The molecule has 0 saturated heterocycles. The van der Waals surface area contributed by atoms with Crippen molar-refractivity contribution in [2.45, 2.75) is 19.5 Å². The first-order valence-corrected chi connectivity index (χ1v) is 5.27. The van der Waals surface area contributed by atoms with E-state index in [-0.39, 0.29) is 11.1 Å². The first-order valence-electron chi connectivity index (χ1n) is 5.27. The lowest BCUT2D eigenvalue weighted by atomic mass is 9.72. The van der Waals surface area contributed by atoms with Gasteiger partial charge in [0.2, 0.25) is 0 Å². The van der Waals surface area contributed by atoms with E-state index in [0.29, 0.717) is 5.56 Å². The summed E-state index contributed by atoms with van der Waals surface area (Å²) < 4.78 is 9.75. The molecular formula is C11H11BO6. The summed E-state index contributed by atoms with van der Waals surface area (Å²) in [5.74, 6) is -1.55. The highest BCUT2D eigenvalue weighted by atomic mass is 16.7. The molecule has 1 atom stereocenters. The Morgan fingerprint density at radius 1 is 1.44 bits per heavy atom. The zero-order valence-corrected chi connectivity index (χ0v) is 9.84. The van der Waals surface area contributed by atoms with Crippen molar-refractivity contribution < 1.29 is 29.1 Å². The third kappa shape index (κ3) is 1.68. The van der Waals surface area contributed by atoms with E-state index >= 15 is 0 Å². The van der Waals surface area contributed by atoms with Crippen LogP contribution in [0, 0.1) is 6.92 Å². The van der Waals surface area contributed by atoms with E-state index in [0.717, 1.165) is 6.92 Å². The molecule has 7 heteroatoms. The Morgan fingerprint density at radius 2 is 2.11 bits per heavy atom. The van der Waals surface area contributed by atoms with Crippen LogP contribution in [0.5, 0.6) is 0 Å². The summed E-state index contributed by atoms with van der Waals surface area (Å²) >= 11 is 0. The van der Waals surface area contributed by atoms with Crippen LogP contribution >= 0.6 is 0 Å². The minimum absolute atomic E-state index is 0.157. The lowest BCUT2D eigenvalue weighted by Gasteiger charge is -2.27. The van der Waals surface area contributed by atoms with Crippen LogP contribution < -0.4 is 0 Å². The van der Waals surface area contributed by atoms with Gasteiger partial charge in [0.05, 0.1) is 11.1 Å². The topological polar surface area (TPSA) is 93.1 Å². The van der Waals surface area contributed by atoms with Crippen molar-refractivity contribution in [2.75, 3.05) is 0 Å². The van der Waals surface area contributed by atoms with Gasteiger partial charge in [-0.3, -0.25) is 4.79 Å². The summed E-state index contributed by atoms with van der Waals surface area (Å²) in [5, 5.41) is 18.9. The average Bonchev–Trinajstić information content (AvgIpc) is 2.54. The normalized spacial score (nSPS) is 21.2. The predicted octanol–water partition coefficient (Wildman–Crippen LogP) is -0.107. The molecule has 0 aromatic heterocycles. The number of carbonyl (C=O) groups excluding carboxylic acids is 2. The van der Waals surface area contributed by atoms with Crippen LogP contribution in [0.1, 0.15) is 28.4 Å². The number of hydrogen-bond acceptors (Lipinski definition) is 6. The smallest absolute Gasteiger partial charge is 0.421 e. The summed E-state index contributed by atoms with van der Waals surface area (Å²) in [6, 6.07) is 4.75. The highest BCUT2D eigenvalue weighted by Gasteiger charge is 2.58. The molecule has 2 rings (SSSR count).